The van der Waals surface area contributed by atoms with E-state index in [0.29, 0.717) is 37.2 Å². The molecule has 0 aliphatic carbocycles. The fourth-order valence-electron chi connectivity index (χ4n) is 1.90. The lowest BCUT2D eigenvalue weighted by atomic mass is 10.2. The molecular weight excluding hydrogens is 296 g/mol. The van der Waals surface area contributed by atoms with Crippen molar-refractivity contribution in [1.82, 2.24) is 4.90 Å². The van der Waals surface area contributed by atoms with Crippen LogP contribution in [0, 0.1) is 22.7 Å². The van der Waals surface area contributed by atoms with Gasteiger partial charge in [0.05, 0.1) is 31.4 Å². The molecule has 0 aliphatic heterocycles. The summed E-state index contributed by atoms with van der Waals surface area (Å²) in [6.45, 7) is 0.974. The van der Waals surface area contributed by atoms with Crippen LogP contribution in [-0.4, -0.2) is 43.5 Å². The fourth-order valence-corrected chi connectivity index (χ4v) is 1.90. The van der Waals surface area contributed by atoms with Crippen molar-refractivity contribution in [3.05, 3.63) is 29.8 Å². The molecular formula is C16H18N4O3. The topological polar surface area (TPSA) is 106 Å². The molecule has 0 spiro atoms. The monoisotopic (exact) mass is 314 g/mol. The van der Waals surface area contributed by atoms with Crippen LogP contribution < -0.4 is 5.32 Å². The number of benzene rings is 1. The van der Waals surface area contributed by atoms with Gasteiger partial charge >= 0.3 is 5.97 Å². The standard InChI is InChI=1S/C16H18N4O3/c1-23-16(22)13-4-6-14(7-5-13)19-15(21)12-20(10-2-8-17)11-3-9-18/h4-7H,2-3,10-12H2,1H3,(H,19,21). The number of hydrogen-bond donors (Lipinski definition) is 1. The Kier molecular flexibility index (Phi) is 7.84. The Balaban J connectivity index is 2.58. The van der Waals surface area contributed by atoms with Crippen LogP contribution in [0.25, 0.3) is 0 Å². The van der Waals surface area contributed by atoms with Gasteiger partial charge in [0, 0.05) is 31.6 Å². The van der Waals surface area contributed by atoms with E-state index in [2.05, 4.69) is 10.1 Å². The van der Waals surface area contributed by atoms with Crippen LogP contribution in [0.2, 0.25) is 0 Å². The van der Waals surface area contributed by atoms with Crippen LogP contribution in [0.4, 0.5) is 5.69 Å². The largest absolute Gasteiger partial charge is 0.465 e. The second-order valence-electron chi connectivity index (χ2n) is 4.71. The Bertz CT molecular complexity index is 596. The van der Waals surface area contributed by atoms with E-state index in [1.165, 1.54) is 7.11 Å². The molecule has 0 heterocycles. The van der Waals surface area contributed by atoms with Crippen LogP contribution in [-0.2, 0) is 9.53 Å². The molecule has 0 bridgehead atoms. The van der Waals surface area contributed by atoms with Crippen molar-refractivity contribution in [3.8, 4) is 12.1 Å². The summed E-state index contributed by atoms with van der Waals surface area (Å²) in [5, 5.41) is 20.0. The van der Waals surface area contributed by atoms with Gasteiger partial charge in [0.2, 0.25) is 5.91 Å². The molecule has 120 valence electrons. The fraction of sp³-hybridized carbons (Fsp3) is 0.375. The Labute approximate surface area is 135 Å². The number of rotatable bonds is 8. The van der Waals surface area contributed by atoms with E-state index in [1.807, 2.05) is 12.1 Å². The first-order valence-corrected chi connectivity index (χ1v) is 7.05. The minimum Gasteiger partial charge on any atom is -0.465 e. The number of carbonyl (C=O) groups is 2. The highest BCUT2D eigenvalue weighted by Crippen LogP contribution is 2.10. The molecule has 0 atom stereocenters. The molecule has 0 aliphatic rings. The molecule has 23 heavy (non-hydrogen) atoms. The van der Waals surface area contributed by atoms with Crippen molar-refractivity contribution in [2.75, 3.05) is 32.1 Å². The maximum atomic E-state index is 12.0. The average Bonchev–Trinajstić information content (AvgIpc) is 2.57. The summed E-state index contributed by atoms with van der Waals surface area (Å²) >= 11 is 0. The zero-order valence-electron chi connectivity index (χ0n) is 12.9. The molecule has 0 saturated carbocycles. The molecule has 1 amide bonds. The summed E-state index contributed by atoms with van der Waals surface area (Å²) in [6, 6.07) is 10.4. The lowest BCUT2D eigenvalue weighted by Crippen LogP contribution is -2.34. The third-order valence-electron chi connectivity index (χ3n) is 3.04. The van der Waals surface area contributed by atoms with E-state index >= 15 is 0 Å². The lowest BCUT2D eigenvalue weighted by molar-refractivity contribution is -0.117. The Hall–Kier alpha value is -2.90. The van der Waals surface area contributed by atoms with Gasteiger partial charge < -0.3 is 10.1 Å². The quantitative estimate of drug-likeness (QED) is 0.729. The minimum atomic E-state index is -0.443. The van der Waals surface area contributed by atoms with Crippen LogP contribution in [0.3, 0.4) is 0 Å². The van der Waals surface area contributed by atoms with Crippen LogP contribution >= 0.6 is 0 Å². The highest BCUT2D eigenvalue weighted by Gasteiger charge is 2.11. The summed E-state index contributed by atoms with van der Waals surface area (Å²) in [4.78, 5) is 25.1. The molecule has 1 aromatic rings. The van der Waals surface area contributed by atoms with Gasteiger partial charge in [0.1, 0.15) is 0 Å². The van der Waals surface area contributed by atoms with Gasteiger partial charge in [-0.1, -0.05) is 0 Å². The number of ether oxygens (including phenoxy) is 1. The first-order valence-electron chi connectivity index (χ1n) is 7.05. The maximum absolute atomic E-state index is 12.0. The highest BCUT2D eigenvalue weighted by molar-refractivity contribution is 5.93. The number of amides is 1. The molecule has 7 nitrogen and oxygen atoms in total. The van der Waals surface area contributed by atoms with Crippen molar-refractivity contribution in [2.45, 2.75) is 12.8 Å². The van der Waals surface area contributed by atoms with E-state index in [-0.39, 0.29) is 12.5 Å². The number of nitrogens with one attached hydrogen (secondary N) is 1. The number of anilines is 1. The van der Waals surface area contributed by atoms with Gasteiger partial charge in [-0.2, -0.15) is 10.5 Å². The normalized spacial score (nSPS) is 9.74. The van der Waals surface area contributed by atoms with Gasteiger partial charge in [-0.15, -0.1) is 0 Å². The van der Waals surface area contributed by atoms with Crippen LogP contribution in [0.15, 0.2) is 24.3 Å². The molecule has 1 rings (SSSR count). The zero-order valence-corrected chi connectivity index (χ0v) is 12.9. The Morgan fingerprint density at radius 3 is 2.17 bits per heavy atom. The summed E-state index contributed by atoms with van der Waals surface area (Å²) in [6.07, 6.45) is 0.596. The second kappa shape index (κ2) is 9.93. The predicted octanol–water partition coefficient (Wildman–Crippen LogP) is 1.54. The predicted molar refractivity (Wildman–Crippen MR) is 83.3 cm³/mol. The molecule has 0 fully saturated rings. The smallest absolute Gasteiger partial charge is 0.337 e. The summed E-state index contributed by atoms with van der Waals surface area (Å²) in [5.74, 6) is -0.686. The molecule has 0 radical (unpaired) electrons. The van der Waals surface area contributed by atoms with Crippen molar-refractivity contribution >= 4 is 17.6 Å². The summed E-state index contributed by atoms with van der Waals surface area (Å²) < 4.78 is 4.60. The molecule has 0 saturated heterocycles. The highest BCUT2D eigenvalue weighted by atomic mass is 16.5. The maximum Gasteiger partial charge on any atom is 0.337 e. The van der Waals surface area contributed by atoms with E-state index in [4.69, 9.17) is 10.5 Å². The van der Waals surface area contributed by atoms with Gasteiger partial charge in [-0.3, -0.25) is 9.69 Å². The molecule has 0 aromatic heterocycles. The number of nitrogens with zero attached hydrogens (tertiary/aromatic N) is 3. The third kappa shape index (κ3) is 6.60. The number of esters is 1. The number of carbonyl (C=O) groups excluding carboxylic acids is 2. The average molecular weight is 314 g/mol. The van der Waals surface area contributed by atoms with Crippen molar-refractivity contribution < 1.29 is 14.3 Å². The van der Waals surface area contributed by atoms with Gasteiger partial charge in [0.25, 0.3) is 0 Å². The second-order valence-corrected chi connectivity index (χ2v) is 4.71. The number of nitriles is 2. The summed E-state index contributed by atoms with van der Waals surface area (Å²) in [5.41, 5.74) is 0.957. The van der Waals surface area contributed by atoms with Crippen LogP contribution in [0.1, 0.15) is 23.2 Å². The molecule has 1 aromatic carbocycles. The first-order chi connectivity index (χ1) is 11.1. The van der Waals surface area contributed by atoms with Crippen molar-refractivity contribution in [1.29, 1.82) is 10.5 Å². The number of methoxy groups -OCH3 is 1. The summed E-state index contributed by atoms with van der Waals surface area (Å²) in [7, 11) is 1.30. The Morgan fingerprint density at radius 1 is 1.13 bits per heavy atom. The Morgan fingerprint density at radius 2 is 1.70 bits per heavy atom. The molecule has 7 heteroatoms. The lowest BCUT2D eigenvalue weighted by Gasteiger charge is -2.19. The minimum absolute atomic E-state index is 0.0993. The number of hydrogen-bond acceptors (Lipinski definition) is 6. The van der Waals surface area contributed by atoms with Gasteiger partial charge in [-0.05, 0) is 24.3 Å². The zero-order chi connectivity index (χ0) is 17.1. The molecule has 1 N–H and O–H groups in total. The van der Waals surface area contributed by atoms with E-state index in [0.717, 1.165) is 0 Å². The van der Waals surface area contributed by atoms with Gasteiger partial charge in [-0.25, -0.2) is 4.79 Å². The third-order valence-corrected chi connectivity index (χ3v) is 3.04. The van der Waals surface area contributed by atoms with Gasteiger partial charge in [0.15, 0.2) is 0 Å². The first kappa shape index (κ1) is 18.1. The van der Waals surface area contributed by atoms with E-state index in [9.17, 15) is 9.59 Å². The van der Waals surface area contributed by atoms with Crippen LogP contribution in [0.5, 0.6) is 0 Å². The van der Waals surface area contributed by atoms with E-state index < -0.39 is 5.97 Å². The van der Waals surface area contributed by atoms with Crippen molar-refractivity contribution in [3.63, 3.8) is 0 Å². The van der Waals surface area contributed by atoms with E-state index in [1.54, 1.807) is 29.2 Å². The van der Waals surface area contributed by atoms with Crippen molar-refractivity contribution in [2.24, 2.45) is 0 Å². The molecule has 0 unspecified atom stereocenters. The SMILES string of the molecule is COC(=O)c1ccc(NC(=O)CN(CCC#N)CCC#N)cc1.